The van der Waals surface area contributed by atoms with Gasteiger partial charge in [-0.25, -0.2) is 31.1 Å². The molecule has 0 saturated heterocycles. The van der Waals surface area contributed by atoms with E-state index < -0.39 is 32.0 Å². The lowest BCUT2D eigenvalue weighted by Gasteiger charge is -2.10. The van der Waals surface area contributed by atoms with E-state index in [0.29, 0.717) is 5.02 Å². The van der Waals surface area contributed by atoms with Crippen LogP contribution in [0.1, 0.15) is 6.92 Å². The van der Waals surface area contributed by atoms with E-state index in [-0.39, 0.29) is 15.5 Å². The molecule has 0 heterocycles. The molecule has 0 aliphatic carbocycles. The van der Waals surface area contributed by atoms with Gasteiger partial charge in [-0.2, -0.15) is 0 Å². The molecule has 2 aromatic rings. The van der Waals surface area contributed by atoms with Gasteiger partial charge in [0.1, 0.15) is 0 Å². The van der Waals surface area contributed by atoms with Gasteiger partial charge in [-0.3, -0.25) is 4.79 Å². The summed E-state index contributed by atoms with van der Waals surface area (Å²) in [5, 5.41) is 2.60. The molecule has 9 nitrogen and oxygen atoms in total. The monoisotopic (exact) mass is 431 g/mol. The second-order valence-electron chi connectivity index (χ2n) is 5.20. The Morgan fingerprint density at radius 2 is 1.22 bits per heavy atom. The molecule has 12 heteroatoms. The first-order valence-electron chi connectivity index (χ1n) is 7.22. The van der Waals surface area contributed by atoms with Crippen LogP contribution in [-0.4, -0.2) is 28.8 Å². The molecule has 0 unspecified atom stereocenters. The van der Waals surface area contributed by atoms with Gasteiger partial charge in [-0.05, 0) is 48.5 Å². The lowest BCUT2D eigenvalue weighted by molar-refractivity contribution is -0.117. The normalized spacial score (nSPS) is 11.5. The predicted molar refractivity (Wildman–Crippen MR) is 98.2 cm³/mol. The molecular weight excluding hydrogens is 418 g/mol. The van der Waals surface area contributed by atoms with E-state index in [1.165, 1.54) is 36.4 Å². The summed E-state index contributed by atoms with van der Waals surface area (Å²) in [5.74, 6) is -0.746. The molecule has 0 radical (unpaired) electrons. The van der Waals surface area contributed by atoms with Gasteiger partial charge in [0.25, 0.3) is 20.0 Å². The van der Waals surface area contributed by atoms with Crippen LogP contribution in [0.25, 0.3) is 0 Å². The van der Waals surface area contributed by atoms with Crippen LogP contribution in [0.5, 0.6) is 0 Å². The Morgan fingerprint density at radius 1 is 0.778 bits per heavy atom. The molecule has 27 heavy (non-hydrogen) atoms. The minimum absolute atomic E-state index is 0.139. The molecule has 0 aliphatic rings. The van der Waals surface area contributed by atoms with Crippen molar-refractivity contribution in [3.05, 3.63) is 53.6 Å². The lowest BCUT2D eigenvalue weighted by atomic mass is 10.3. The molecular formula is C15H14ClN3O6S2. The molecule has 2 rings (SSSR count). The molecule has 0 saturated carbocycles. The summed E-state index contributed by atoms with van der Waals surface area (Å²) in [4.78, 5) is 22.4. The second-order valence-corrected chi connectivity index (χ2v) is 9.00. The van der Waals surface area contributed by atoms with Crippen molar-refractivity contribution in [1.29, 1.82) is 0 Å². The average molecular weight is 432 g/mol. The summed E-state index contributed by atoms with van der Waals surface area (Å²) in [6.45, 7) is 1.05. The van der Waals surface area contributed by atoms with Crippen LogP contribution in [-0.2, 0) is 24.8 Å². The number of sulfonamides is 2. The molecule has 2 aromatic carbocycles. The van der Waals surface area contributed by atoms with Crippen molar-refractivity contribution in [2.75, 3.05) is 5.32 Å². The molecule has 0 fully saturated rings. The highest BCUT2D eigenvalue weighted by atomic mass is 35.5. The number of amides is 3. The molecule has 0 atom stereocenters. The summed E-state index contributed by atoms with van der Waals surface area (Å²) in [5.41, 5.74) is 0.139. The number of carbonyl (C=O) groups excluding carboxylic acids is 2. The van der Waals surface area contributed by atoms with Gasteiger partial charge in [0.2, 0.25) is 5.91 Å². The topological polar surface area (TPSA) is 139 Å². The van der Waals surface area contributed by atoms with Crippen molar-refractivity contribution in [1.82, 2.24) is 9.44 Å². The maximum absolute atomic E-state index is 12.1. The van der Waals surface area contributed by atoms with Crippen molar-refractivity contribution < 1.29 is 26.4 Å². The maximum atomic E-state index is 12.1. The summed E-state index contributed by atoms with van der Waals surface area (Å²) >= 11 is 5.69. The Kier molecular flexibility index (Phi) is 6.08. The van der Waals surface area contributed by atoms with E-state index in [1.807, 2.05) is 4.72 Å². The van der Waals surface area contributed by atoms with Crippen LogP contribution in [0.15, 0.2) is 58.3 Å². The second kappa shape index (κ2) is 7.94. The number of nitrogens with one attached hydrogen (secondary N) is 3. The zero-order chi connectivity index (χ0) is 20.2. The van der Waals surface area contributed by atoms with Crippen molar-refractivity contribution >= 4 is 49.3 Å². The first kappa shape index (κ1) is 20.7. The number of halogens is 1. The van der Waals surface area contributed by atoms with E-state index in [2.05, 4.69) is 5.32 Å². The zero-order valence-corrected chi connectivity index (χ0v) is 16.2. The van der Waals surface area contributed by atoms with Crippen molar-refractivity contribution in [3.8, 4) is 0 Å². The van der Waals surface area contributed by atoms with E-state index in [9.17, 15) is 26.4 Å². The number of carbonyl (C=O) groups is 2. The fraction of sp³-hybridized carbons (Fsp3) is 0.0667. The number of rotatable bonds is 5. The van der Waals surface area contributed by atoms with E-state index >= 15 is 0 Å². The molecule has 0 bridgehead atoms. The Bertz CT molecular complexity index is 1070. The molecule has 3 N–H and O–H groups in total. The van der Waals surface area contributed by atoms with E-state index in [0.717, 1.165) is 19.1 Å². The Hall–Kier alpha value is -2.63. The highest BCUT2D eigenvalue weighted by molar-refractivity contribution is 7.90. The van der Waals surface area contributed by atoms with Crippen LogP contribution < -0.4 is 14.8 Å². The van der Waals surface area contributed by atoms with Crippen molar-refractivity contribution in [2.45, 2.75) is 16.7 Å². The molecule has 0 aliphatic heterocycles. The quantitative estimate of drug-likeness (QED) is 0.658. The first-order valence-corrected chi connectivity index (χ1v) is 10.6. The van der Waals surface area contributed by atoms with Crippen molar-refractivity contribution in [2.24, 2.45) is 0 Å². The summed E-state index contributed by atoms with van der Waals surface area (Å²) in [7, 11) is -8.11. The van der Waals surface area contributed by atoms with Crippen molar-refractivity contribution in [3.63, 3.8) is 0 Å². The van der Waals surface area contributed by atoms with Crippen LogP contribution in [0.2, 0.25) is 5.02 Å². The summed E-state index contributed by atoms with van der Waals surface area (Å²) in [6, 6.07) is 8.93. The number of hydrogen-bond acceptors (Lipinski definition) is 6. The van der Waals surface area contributed by atoms with E-state index in [1.54, 1.807) is 4.72 Å². The van der Waals surface area contributed by atoms with Crippen LogP contribution in [0.3, 0.4) is 0 Å². The van der Waals surface area contributed by atoms with Crippen LogP contribution in [0.4, 0.5) is 10.5 Å². The maximum Gasteiger partial charge on any atom is 0.333 e. The Morgan fingerprint density at radius 3 is 1.70 bits per heavy atom. The zero-order valence-electron chi connectivity index (χ0n) is 13.8. The largest absolute Gasteiger partial charge is 0.333 e. The smallest absolute Gasteiger partial charge is 0.307 e. The van der Waals surface area contributed by atoms with Gasteiger partial charge < -0.3 is 5.32 Å². The SMILES string of the molecule is CC(=O)NS(=O)(=O)c1ccc(NC(=O)NS(=O)(=O)c2ccc(Cl)cc2)cc1. The molecule has 144 valence electrons. The number of urea groups is 1. The Balaban J connectivity index is 2.08. The number of hydrogen-bond donors (Lipinski definition) is 3. The fourth-order valence-corrected chi connectivity index (χ4v) is 3.94. The minimum atomic E-state index is -4.11. The van der Waals surface area contributed by atoms with Gasteiger partial charge in [-0.1, -0.05) is 11.6 Å². The highest BCUT2D eigenvalue weighted by Crippen LogP contribution is 2.16. The third kappa shape index (κ3) is 5.67. The van der Waals surface area contributed by atoms with Gasteiger partial charge >= 0.3 is 6.03 Å². The highest BCUT2D eigenvalue weighted by Gasteiger charge is 2.18. The third-order valence-corrected chi connectivity index (χ3v) is 6.10. The summed E-state index contributed by atoms with van der Waals surface area (Å²) < 4.78 is 51.5. The molecule has 0 spiro atoms. The first-order chi connectivity index (χ1) is 12.5. The fourth-order valence-electron chi connectivity index (χ4n) is 1.92. The van der Waals surface area contributed by atoms with Gasteiger partial charge in [-0.15, -0.1) is 0 Å². The molecule has 0 aromatic heterocycles. The minimum Gasteiger partial charge on any atom is -0.307 e. The standard InChI is InChI=1S/C15H14ClN3O6S2/c1-10(20)18-26(22,23)14-8-4-12(5-9-14)17-15(21)19-27(24,25)13-6-2-11(16)3-7-13/h2-9H,1H3,(H,18,20)(H2,17,19,21). The lowest BCUT2D eigenvalue weighted by Crippen LogP contribution is -2.34. The number of anilines is 1. The molecule has 3 amide bonds. The number of benzene rings is 2. The summed E-state index contributed by atoms with van der Waals surface area (Å²) in [6.07, 6.45) is 0. The Labute approximate surface area is 160 Å². The van der Waals surface area contributed by atoms with Crippen LogP contribution >= 0.6 is 11.6 Å². The van der Waals surface area contributed by atoms with Crippen LogP contribution in [0, 0.1) is 0 Å². The van der Waals surface area contributed by atoms with Gasteiger partial charge in [0.15, 0.2) is 0 Å². The predicted octanol–water partition coefficient (Wildman–Crippen LogP) is 1.68. The van der Waals surface area contributed by atoms with Gasteiger partial charge in [0, 0.05) is 17.6 Å². The average Bonchev–Trinajstić information content (AvgIpc) is 2.54. The van der Waals surface area contributed by atoms with E-state index in [4.69, 9.17) is 11.6 Å². The van der Waals surface area contributed by atoms with Gasteiger partial charge in [0.05, 0.1) is 9.79 Å². The third-order valence-electron chi connectivity index (χ3n) is 3.05.